The first-order valence-corrected chi connectivity index (χ1v) is 49.4. The summed E-state index contributed by atoms with van der Waals surface area (Å²) >= 11 is 0. The zero-order valence-electron chi connectivity index (χ0n) is 74.7. The number of carbonyl (C=O) groups excluding carboxylic acids is 1. The van der Waals surface area contributed by atoms with E-state index in [4.69, 9.17) is 28.4 Å². The number of hydrogen-bond donors (Lipinski definition) is 12. The normalized spacial score (nSPS) is 24.5. The number of ether oxygens (including phenoxy) is 6. The molecule has 0 aromatic carbocycles. The first-order valence-electron chi connectivity index (χ1n) is 49.4. The highest BCUT2D eigenvalue weighted by molar-refractivity contribution is 5.76. The molecule has 0 aliphatic carbocycles. The van der Waals surface area contributed by atoms with Gasteiger partial charge in [-0.15, -0.1) is 0 Å². The van der Waals surface area contributed by atoms with E-state index in [-0.39, 0.29) is 18.9 Å². The molecule has 3 fully saturated rings. The Hall–Kier alpha value is -2.25. The van der Waals surface area contributed by atoms with Gasteiger partial charge in [-0.3, -0.25) is 4.79 Å². The molecule has 3 aliphatic rings. The van der Waals surface area contributed by atoms with Crippen LogP contribution in [0.2, 0.25) is 0 Å². The maximum Gasteiger partial charge on any atom is 0.220 e. The summed E-state index contributed by atoms with van der Waals surface area (Å²) in [6.07, 6.45) is 75.8. The van der Waals surface area contributed by atoms with E-state index in [1.165, 1.54) is 353 Å². The van der Waals surface area contributed by atoms with Gasteiger partial charge in [0.1, 0.15) is 73.2 Å². The molecule has 0 saturated carbocycles. The molecule has 688 valence electrons. The van der Waals surface area contributed by atoms with Crippen LogP contribution in [0, 0.1) is 0 Å². The Morgan fingerprint density at radius 3 is 0.880 bits per heavy atom. The standard InChI is InChI=1S/C98H183NO18/c1-3-5-7-9-11-13-15-17-19-21-23-25-27-29-31-33-35-37-38-39-40-41-42-44-46-48-50-52-54-56-58-60-62-64-66-68-70-72-74-76-86(104)99-81(82(103)75-73-71-69-67-65-63-61-59-57-55-53-51-49-47-45-43-36-34-32-30-28-26-24-22-20-18-16-14-12-10-8-6-4-2)80-112-96-92(110)89(107)94(84(78-101)114-96)117-98-93(111)90(108)95(85(79-102)115-98)116-97-91(109)88(106)87(105)83(77-100)113-97/h15,17,21,23,27,29,73,75,81-85,87-98,100-103,105-111H,3-14,16,18-20,22,24-26,28,30-72,74,76-80H2,1-2H3,(H,99,104)/b17-15-,23-21-,29-27-,75-73+. The van der Waals surface area contributed by atoms with Crippen LogP contribution in [0.25, 0.3) is 0 Å². The molecule has 0 radical (unpaired) electrons. The van der Waals surface area contributed by atoms with Gasteiger partial charge in [0.25, 0.3) is 0 Å². The van der Waals surface area contributed by atoms with Crippen LogP contribution < -0.4 is 5.32 Å². The molecular formula is C98H183NO18. The van der Waals surface area contributed by atoms with Gasteiger partial charge in [0, 0.05) is 6.42 Å². The lowest BCUT2D eigenvalue weighted by molar-refractivity contribution is -0.379. The number of unbranched alkanes of at least 4 members (excludes halogenated alkanes) is 60. The van der Waals surface area contributed by atoms with E-state index in [0.29, 0.717) is 6.42 Å². The van der Waals surface area contributed by atoms with Crippen LogP contribution in [0.4, 0.5) is 0 Å². The van der Waals surface area contributed by atoms with Crippen molar-refractivity contribution in [1.29, 1.82) is 0 Å². The summed E-state index contributed by atoms with van der Waals surface area (Å²) in [6.45, 7) is 1.80. The first kappa shape index (κ1) is 109. The Morgan fingerprint density at radius 1 is 0.308 bits per heavy atom. The van der Waals surface area contributed by atoms with Crippen molar-refractivity contribution in [2.75, 3.05) is 26.4 Å². The maximum atomic E-state index is 13.6. The Morgan fingerprint density at radius 2 is 0.564 bits per heavy atom. The zero-order valence-corrected chi connectivity index (χ0v) is 74.7. The molecule has 17 atom stereocenters. The molecule has 0 aromatic rings. The third-order valence-electron chi connectivity index (χ3n) is 24.6. The Labute approximate surface area is 713 Å². The van der Waals surface area contributed by atoms with Gasteiger partial charge in [-0.2, -0.15) is 0 Å². The number of amides is 1. The zero-order chi connectivity index (χ0) is 84.5. The molecule has 3 aliphatic heterocycles. The van der Waals surface area contributed by atoms with E-state index in [9.17, 15) is 61.0 Å². The summed E-state index contributed by atoms with van der Waals surface area (Å²) in [4.78, 5) is 13.6. The quantitative estimate of drug-likeness (QED) is 0.0199. The number of allylic oxidation sites excluding steroid dienone is 7. The predicted molar refractivity (Wildman–Crippen MR) is 476 cm³/mol. The SMILES string of the molecule is CCCCCCC/C=C\C/C=C\C/C=C\CCCCCCCCCCCCCCCCCCCCCCCCCCC(=O)NC(COC1OC(CO)C(OC2OC(CO)C(OC3OC(CO)C(O)C(O)C3O)C(O)C2O)C(O)C1O)C(O)/C=C/CCCCCCCCCCCCCCCCCCCCCCCCCCCCCCCCC. The second-order valence-electron chi connectivity index (χ2n) is 35.2. The largest absolute Gasteiger partial charge is 0.394 e. The van der Waals surface area contributed by atoms with Gasteiger partial charge in [-0.05, 0) is 57.8 Å². The fraction of sp³-hybridized carbons (Fsp3) is 0.908. The number of carbonyl (C=O) groups is 1. The summed E-state index contributed by atoms with van der Waals surface area (Å²) < 4.78 is 34.6. The van der Waals surface area contributed by atoms with Crippen molar-refractivity contribution < 1.29 is 89.4 Å². The number of hydrogen-bond acceptors (Lipinski definition) is 18. The second kappa shape index (κ2) is 77.3. The number of rotatable bonds is 82. The molecule has 17 unspecified atom stereocenters. The van der Waals surface area contributed by atoms with Crippen LogP contribution in [0.15, 0.2) is 48.6 Å². The van der Waals surface area contributed by atoms with Crippen molar-refractivity contribution in [1.82, 2.24) is 5.32 Å². The van der Waals surface area contributed by atoms with Gasteiger partial charge in [0.15, 0.2) is 18.9 Å². The lowest BCUT2D eigenvalue weighted by Crippen LogP contribution is -2.66. The van der Waals surface area contributed by atoms with Gasteiger partial charge in [0.05, 0.1) is 38.6 Å². The van der Waals surface area contributed by atoms with E-state index in [2.05, 4.69) is 55.6 Å². The van der Waals surface area contributed by atoms with Gasteiger partial charge in [-0.1, -0.05) is 422 Å². The average Bonchev–Trinajstić information content (AvgIpc) is 0.777. The third-order valence-corrected chi connectivity index (χ3v) is 24.6. The molecule has 3 rings (SSSR count). The lowest BCUT2D eigenvalue weighted by atomic mass is 9.96. The topological polar surface area (TPSA) is 307 Å². The minimum absolute atomic E-state index is 0.247. The molecular weight excluding hydrogens is 1480 g/mol. The molecule has 1 amide bonds. The summed E-state index contributed by atoms with van der Waals surface area (Å²) in [5.74, 6) is -0.266. The van der Waals surface area contributed by atoms with E-state index >= 15 is 0 Å². The van der Waals surface area contributed by atoms with Crippen molar-refractivity contribution in [3.63, 3.8) is 0 Å². The van der Waals surface area contributed by atoms with Crippen molar-refractivity contribution in [2.24, 2.45) is 0 Å². The molecule has 3 saturated heterocycles. The minimum atomic E-state index is -1.98. The highest BCUT2D eigenvalue weighted by Crippen LogP contribution is 2.34. The summed E-state index contributed by atoms with van der Waals surface area (Å²) in [7, 11) is 0. The number of nitrogens with one attached hydrogen (secondary N) is 1. The van der Waals surface area contributed by atoms with Crippen LogP contribution in [0.3, 0.4) is 0 Å². The maximum absolute atomic E-state index is 13.6. The van der Waals surface area contributed by atoms with Crippen molar-refractivity contribution >= 4 is 5.91 Å². The lowest BCUT2D eigenvalue weighted by Gasteiger charge is -2.48. The number of aliphatic hydroxyl groups is 11. The van der Waals surface area contributed by atoms with Crippen molar-refractivity contribution in [3.05, 3.63) is 48.6 Å². The average molecular weight is 1660 g/mol. The fourth-order valence-electron chi connectivity index (χ4n) is 16.8. The Bertz CT molecular complexity index is 2290. The van der Waals surface area contributed by atoms with Crippen LogP contribution in [-0.2, 0) is 33.2 Å². The summed E-state index contributed by atoms with van der Waals surface area (Å²) in [5.41, 5.74) is 0. The van der Waals surface area contributed by atoms with Crippen LogP contribution >= 0.6 is 0 Å². The Kier molecular flexibility index (Phi) is 72.0. The first-order chi connectivity index (χ1) is 57.3. The molecule has 0 spiro atoms. The molecule has 0 bridgehead atoms. The highest BCUT2D eigenvalue weighted by atomic mass is 16.8. The van der Waals surface area contributed by atoms with E-state index in [0.717, 1.165) is 57.8 Å². The van der Waals surface area contributed by atoms with Gasteiger partial charge in [-0.25, -0.2) is 0 Å². The molecule has 3 heterocycles. The minimum Gasteiger partial charge on any atom is -0.394 e. The van der Waals surface area contributed by atoms with E-state index < -0.39 is 124 Å². The van der Waals surface area contributed by atoms with Crippen LogP contribution in [-0.4, -0.2) is 193 Å². The third kappa shape index (κ3) is 55.0. The van der Waals surface area contributed by atoms with Gasteiger partial charge < -0.3 is 89.9 Å². The van der Waals surface area contributed by atoms with Crippen LogP contribution in [0.5, 0.6) is 0 Å². The summed E-state index contributed by atoms with van der Waals surface area (Å²) in [5, 5.41) is 121. The monoisotopic (exact) mass is 1660 g/mol. The smallest absolute Gasteiger partial charge is 0.220 e. The van der Waals surface area contributed by atoms with Gasteiger partial charge in [0.2, 0.25) is 5.91 Å². The van der Waals surface area contributed by atoms with Crippen molar-refractivity contribution in [2.45, 2.75) is 542 Å². The second-order valence-corrected chi connectivity index (χ2v) is 35.2. The van der Waals surface area contributed by atoms with E-state index in [1.54, 1.807) is 6.08 Å². The number of aliphatic hydroxyl groups excluding tert-OH is 11. The van der Waals surface area contributed by atoms with Gasteiger partial charge >= 0.3 is 0 Å². The predicted octanol–water partition coefficient (Wildman–Crippen LogP) is 20.3. The molecule has 19 nitrogen and oxygen atoms in total. The van der Waals surface area contributed by atoms with Crippen molar-refractivity contribution in [3.8, 4) is 0 Å². The molecule has 117 heavy (non-hydrogen) atoms. The molecule has 0 aromatic heterocycles. The molecule has 19 heteroatoms. The Balaban J connectivity index is 1.29. The molecule has 12 N–H and O–H groups in total. The summed E-state index contributed by atoms with van der Waals surface area (Å²) in [6, 6.07) is -0.975. The van der Waals surface area contributed by atoms with Crippen LogP contribution in [0.1, 0.15) is 438 Å². The highest BCUT2D eigenvalue weighted by Gasteiger charge is 2.54. The fourth-order valence-corrected chi connectivity index (χ4v) is 16.8. The van der Waals surface area contributed by atoms with E-state index in [1.807, 2.05) is 6.08 Å².